The molecule has 24 heavy (non-hydrogen) atoms. The van der Waals surface area contributed by atoms with Crippen LogP contribution in [-0.4, -0.2) is 33.4 Å². The molecule has 1 heterocycles. The topological polar surface area (TPSA) is 89.4 Å². The molecule has 1 aromatic heterocycles. The molecule has 0 saturated heterocycles. The number of aliphatic carboxylic acids is 1. The van der Waals surface area contributed by atoms with Crippen LogP contribution in [0, 0.1) is 20.8 Å². The van der Waals surface area contributed by atoms with Crippen molar-refractivity contribution in [1.29, 1.82) is 0 Å². The van der Waals surface area contributed by atoms with Gasteiger partial charge in [-0.05, 0) is 57.2 Å². The van der Waals surface area contributed by atoms with Crippen molar-refractivity contribution in [3.63, 3.8) is 0 Å². The Hall–Kier alpha value is -3.02. The maximum absolute atomic E-state index is 12.2. The minimum atomic E-state index is -1.05. The Balaban J connectivity index is 2.09. The standard InChI is InChI=1S/C18H18N2O4/c1-11-12(2)20-16(13(3)19-11)8-9-17(21)14-4-6-15(7-5-14)24-10-18(22)23/h4-9H,10H2,1-3H3,(H,22,23)/b9-8+. The summed E-state index contributed by atoms with van der Waals surface area (Å²) >= 11 is 0. The zero-order chi connectivity index (χ0) is 17.7. The lowest BCUT2D eigenvalue weighted by atomic mass is 10.1. The van der Waals surface area contributed by atoms with Crippen LogP contribution >= 0.6 is 0 Å². The lowest BCUT2D eigenvalue weighted by Gasteiger charge is -2.04. The third-order valence-corrected chi connectivity index (χ3v) is 3.41. The van der Waals surface area contributed by atoms with E-state index in [9.17, 15) is 9.59 Å². The summed E-state index contributed by atoms with van der Waals surface area (Å²) < 4.78 is 5.02. The second-order valence-electron chi connectivity index (χ2n) is 5.27. The van der Waals surface area contributed by atoms with Crippen molar-refractivity contribution in [2.75, 3.05) is 6.61 Å². The number of rotatable bonds is 6. The van der Waals surface area contributed by atoms with Crippen molar-refractivity contribution < 1.29 is 19.4 Å². The monoisotopic (exact) mass is 326 g/mol. The van der Waals surface area contributed by atoms with E-state index >= 15 is 0 Å². The molecule has 0 fully saturated rings. The molecule has 0 radical (unpaired) electrons. The smallest absolute Gasteiger partial charge is 0.341 e. The largest absolute Gasteiger partial charge is 0.482 e. The van der Waals surface area contributed by atoms with Gasteiger partial charge in [0.25, 0.3) is 0 Å². The number of carbonyl (C=O) groups is 2. The summed E-state index contributed by atoms with van der Waals surface area (Å²) in [5.74, 6) is -0.837. The lowest BCUT2D eigenvalue weighted by molar-refractivity contribution is -0.139. The SMILES string of the molecule is Cc1nc(C)c(/C=C/C(=O)c2ccc(OCC(=O)O)cc2)nc1C. The van der Waals surface area contributed by atoms with Crippen molar-refractivity contribution in [3.8, 4) is 5.75 Å². The Labute approximate surface area is 139 Å². The molecule has 1 N–H and O–H groups in total. The number of ether oxygens (including phenoxy) is 1. The number of aryl methyl sites for hydroxylation is 3. The van der Waals surface area contributed by atoms with Crippen LogP contribution in [0.1, 0.15) is 33.1 Å². The van der Waals surface area contributed by atoms with Gasteiger partial charge in [-0.1, -0.05) is 0 Å². The molecule has 0 unspecified atom stereocenters. The lowest BCUT2D eigenvalue weighted by Crippen LogP contribution is -2.09. The Morgan fingerprint density at radius 1 is 1.04 bits per heavy atom. The van der Waals surface area contributed by atoms with Crippen LogP contribution in [0.3, 0.4) is 0 Å². The Bertz CT molecular complexity index is 795. The third kappa shape index (κ3) is 4.49. The summed E-state index contributed by atoms with van der Waals surface area (Å²) in [6.45, 7) is 5.19. The van der Waals surface area contributed by atoms with Gasteiger partial charge in [-0.2, -0.15) is 0 Å². The molecular formula is C18H18N2O4. The van der Waals surface area contributed by atoms with Gasteiger partial charge >= 0.3 is 5.97 Å². The molecule has 1 aromatic carbocycles. The quantitative estimate of drug-likeness (QED) is 0.648. The molecule has 124 valence electrons. The van der Waals surface area contributed by atoms with Gasteiger partial charge in [0.05, 0.1) is 22.8 Å². The first-order valence-corrected chi connectivity index (χ1v) is 7.35. The average molecular weight is 326 g/mol. The molecule has 2 aromatic rings. The molecule has 0 aliphatic carbocycles. The number of nitrogens with zero attached hydrogens (tertiary/aromatic N) is 2. The number of carbonyl (C=O) groups excluding carboxylic acids is 1. The van der Waals surface area contributed by atoms with Gasteiger partial charge in [-0.25, -0.2) is 9.78 Å². The summed E-state index contributed by atoms with van der Waals surface area (Å²) in [6.07, 6.45) is 3.09. The highest BCUT2D eigenvalue weighted by Crippen LogP contribution is 2.14. The van der Waals surface area contributed by atoms with E-state index in [1.165, 1.54) is 6.08 Å². The second kappa shape index (κ2) is 7.50. The zero-order valence-corrected chi connectivity index (χ0v) is 13.7. The van der Waals surface area contributed by atoms with Gasteiger partial charge < -0.3 is 9.84 Å². The summed E-state index contributed by atoms with van der Waals surface area (Å²) in [6, 6.07) is 6.29. The maximum Gasteiger partial charge on any atom is 0.341 e. The number of ketones is 1. The van der Waals surface area contributed by atoms with Crippen LogP contribution in [0.15, 0.2) is 30.3 Å². The zero-order valence-electron chi connectivity index (χ0n) is 13.7. The van der Waals surface area contributed by atoms with Gasteiger partial charge in [0.2, 0.25) is 0 Å². The number of carboxylic acids is 1. The molecule has 0 aliphatic rings. The van der Waals surface area contributed by atoms with Crippen molar-refractivity contribution in [2.45, 2.75) is 20.8 Å². The molecule has 0 spiro atoms. The number of aromatic nitrogens is 2. The van der Waals surface area contributed by atoms with E-state index in [-0.39, 0.29) is 5.78 Å². The van der Waals surface area contributed by atoms with E-state index in [2.05, 4.69) is 9.97 Å². The van der Waals surface area contributed by atoms with E-state index in [0.717, 1.165) is 17.1 Å². The van der Waals surface area contributed by atoms with E-state index < -0.39 is 12.6 Å². The number of carboxylic acid groups (broad SMARTS) is 1. The number of hydrogen-bond acceptors (Lipinski definition) is 5. The first kappa shape index (κ1) is 17.3. The second-order valence-corrected chi connectivity index (χ2v) is 5.27. The molecule has 0 saturated carbocycles. The van der Waals surface area contributed by atoms with Gasteiger partial charge in [-0.3, -0.25) is 9.78 Å². The molecule has 0 aliphatic heterocycles. The Morgan fingerprint density at radius 2 is 1.67 bits per heavy atom. The predicted molar refractivity (Wildman–Crippen MR) is 89.2 cm³/mol. The number of benzene rings is 1. The van der Waals surface area contributed by atoms with Gasteiger partial charge in [0.15, 0.2) is 12.4 Å². The summed E-state index contributed by atoms with van der Waals surface area (Å²) in [5.41, 5.74) is 3.59. The van der Waals surface area contributed by atoms with Crippen molar-refractivity contribution in [3.05, 3.63) is 58.7 Å². The highest BCUT2D eigenvalue weighted by molar-refractivity contribution is 6.06. The summed E-state index contributed by atoms with van der Waals surface area (Å²) in [4.78, 5) is 31.4. The summed E-state index contributed by atoms with van der Waals surface area (Å²) in [7, 11) is 0. The molecule has 6 heteroatoms. The van der Waals surface area contributed by atoms with Crippen LogP contribution in [-0.2, 0) is 4.79 Å². The molecule has 2 rings (SSSR count). The van der Waals surface area contributed by atoms with Crippen molar-refractivity contribution in [1.82, 2.24) is 9.97 Å². The van der Waals surface area contributed by atoms with Crippen molar-refractivity contribution in [2.24, 2.45) is 0 Å². The fourth-order valence-electron chi connectivity index (χ4n) is 2.00. The Morgan fingerprint density at radius 3 is 2.29 bits per heavy atom. The summed E-state index contributed by atoms with van der Waals surface area (Å²) in [5, 5.41) is 8.56. The van der Waals surface area contributed by atoms with E-state index in [1.54, 1.807) is 30.3 Å². The average Bonchev–Trinajstić information content (AvgIpc) is 2.55. The predicted octanol–water partition coefficient (Wildman–Crippen LogP) is 2.76. The molecular weight excluding hydrogens is 308 g/mol. The minimum Gasteiger partial charge on any atom is -0.482 e. The van der Waals surface area contributed by atoms with Crippen LogP contribution in [0.4, 0.5) is 0 Å². The molecule has 6 nitrogen and oxygen atoms in total. The maximum atomic E-state index is 12.2. The third-order valence-electron chi connectivity index (χ3n) is 3.41. The van der Waals surface area contributed by atoms with E-state index in [1.807, 2.05) is 20.8 Å². The van der Waals surface area contributed by atoms with E-state index in [4.69, 9.17) is 9.84 Å². The highest BCUT2D eigenvalue weighted by Gasteiger charge is 2.06. The van der Waals surface area contributed by atoms with Crippen LogP contribution in [0.2, 0.25) is 0 Å². The first-order valence-electron chi connectivity index (χ1n) is 7.35. The van der Waals surface area contributed by atoms with Gasteiger partial charge in [0, 0.05) is 5.56 Å². The highest BCUT2D eigenvalue weighted by atomic mass is 16.5. The minimum absolute atomic E-state index is 0.181. The Kier molecular flexibility index (Phi) is 5.42. The fourth-order valence-corrected chi connectivity index (χ4v) is 2.00. The molecule has 0 bridgehead atoms. The van der Waals surface area contributed by atoms with Crippen LogP contribution in [0.5, 0.6) is 5.75 Å². The van der Waals surface area contributed by atoms with Crippen molar-refractivity contribution >= 4 is 17.8 Å². The fraction of sp³-hybridized carbons (Fsp3) is 0.222. The number of hydrogen-bond donors (Lipinski definition) is 1. The van der Waals surface area contributed by atoms with Crippen LogP contribution < -0.4 is 4.74 Å². The molecule has 0 amide bonds. The van der Waals surface area contributed by atoms with Gasteiger partial charge in [0.1, 0.15) is 5.75 Å². The first-order chi connectivity index (χ1) is 11.4. The van der Waals surface area contributed by atoms with Crippen LogP contribution in [0.25, 0.3) is 6.08 Å². The molecule has 0 atom stereocenters. The normalized spacial score (nSPS) is 10.8. The number of allylic oxidation sites excluding steroid dienone is 1. The van der Waals surface area contributed by atoms with E-state index in [0.29, 0.717) is 17.0 Å². The van der Waals surface area contributed by atoms with Gasteiger partial charge in [-0.15, -0.1) is 0 Å².